The molecule has 0 amide bonds. The fourth-order valence-electron chi connectivity index (χ4n) is 3.27. The largest absolute Gasteiger partial charge is 0.401 e. The zero-order valence-corrected chi connectivity index (χ0v) is 13.2. The molecule has 6 heteroatoms. The predicted octanol–water partition coefficient (Wildman–Crippen LogP) is 4.46. The van der Waals surface area contributed by atoms with E-state index in [1.54, 1.807) is 16.7 Å². The summed E-state index contributed by atoms with van der Waals surface area (Å²) in [6, 6.07) is 6.19. The van der Waals surface area contributed by atoms with Gasteiger partial charge in [0.2, 0.25) is 0 Å². The van der Waals surface area contributed by atoms with E-state index in [9.17, 15) is 13.2 Å². The van der Waals surface area contributed by atoms with Crippen LogP contribution in [0.25, 0.3) is 10.9 Å². The zero-order valence-electron chi connectivity index (χ0n) is 12.4. The lowest BCUT2D eigenvalue weighted by atomic mass is 10.0. The standard InChI is InChI=1S/C16H19F3N2S/c1-22-13-4-5-15-14(8-13)11(9-20-15)7-12-3-2-6-21(12)10-16(17,18)19/h4-5,8-9,12,20H,2-3,6-7,10H2,1H3/t12-/m1/s1. The second kappa shape index (κ2) is 6.16. The van der Waals surface area contributed by atoms with Crippen LogP contribution in [0.1, 0.15) is 18.4 Å². The van der Waals surface area contributed by atoms with Gasteiger partial charge in [0.1, 0.15) is 0 Å². The molecule has 3 rings (SSSR count). The normalized spacial score (nSPS) is 20.1. The topological polar surface area (TPSA) is 19.0 Å². The highest BCUT2D eigenvalue weighted by Gasteiger charge is 2.36. The van der Waals surface area contributed by atoms with Crippen LogP contribution in [0.2, 0.25) is 0 Å². The van der Waals surface area contributed by atoms with Crippen molar-refractivity contribution in [3.63, 3.8) is 0 Å². The highest BCUT2D eigenvalue weighted by atomic mass is 32.2. The average molecular weight is 328 g/mol. The van der Waals surface area contributed by atoms with E-state index >= 15 is 0 Å². The third-order valence-electron chi connectivity index (χ3n) is 4.31. The van der Waals surface area contributed by atoms with Crippen LogP contribution >= 0.6 is 11.8 Å². The maximum Gasteiger partial charge on any atom is 0.401 e. The van der Waals surface area contributed by atoms with Gasteiger partial charge in [0.05, 0.1) is 6.54 Å². The van der Waals surface area contributed by atoms with Crippen LogP contribution in [0.3, 0.4) is 0 Å². The minimum absolute atomic E-state index is 0.0152. The molecule has 1 saturated heterocycles. The van der Waals surface area contributed by atoms with Crippen molar-refractivity contribution in [3.05, 3.63) is 30.0 Å². The fourth-order valence-corrected chi connectivity index (χ4v) is 3.71. The number of alkyl halides is 3. The van der Waals surface area contributed by atoms with Crippen molar-refractivity contribution in [2.45, 2.75) is 36.4 Å². The van der Waals surface area contributed by atoms with Crippen molar-refractivity contribution in [1.82, 2.24) is 9.88 Å². The molecule has 0 spiro atoms. The molecule has 2 aromatic rings. The number of nitrogens with zero attached hydrogens (tertiary/aromatic N) is 1. The molecule has 1 aliphatic rings. The van der Waals surface area contributed by atoms with E-state index in [1.165, 1.54) is 4.90 Å². The summed E-state index contributed by atoms with van der Waals surface area (Å²) in [5, 5.41) is 1.13. The summed E-state index contributed by atoms with van der Waals surface area (Å²) in [7, 11) is 0. The van der Waals surface area contributed by atoms with E-state index in [-0.39, 0.29) is 6.04 Å². The van der Waals surface area contributed by atoms with Crippen molar-refractivity contribution < 1.29 is 13.2 Å². The number of halogens is 3. The molecule has 0 aliphatic carbocycles. The van der Waals surface area contributed by atoms with E-state index in [0.717, 1.165) is 29.3 Å². The molecule has 1 atom stereocenters. The first kappa shape index (κ1) is 15.7. The van der Waals surface area contributed by atoms with Crippen LogP contribution in [0.15, 0.2) is 29.3 Å². The molecule has 1 N–H and O–H groups in total. The molecule has 1 aromatic heterocycles. The van der Waals surface area contributed by atoms with Gasteiger partial charge in [-0.2, -0.15) is 13.2 Å². The van der Waals surface area contributed by atoms with Gasteiger partial charge in [0.25, 0.3) is 0 Å². The van der Waals surface area contributed by atoms with Gasteiger partial charge in [0, 0.05) is 28.0 Å². The summed E-state index contributed by atoms with van der Waals surface area (Å²) in [6.45, 7) is -0.251. The maximum atomic E-state index is 12.7. The van der Waals surface area contributed by atoms with Gasteiger partial charge in [-0.15, -0.1) is 11.8 Å². The Labute approximate surface area is 132 Å². The summed E-state index contributed by atoms with van der Waals surface area (Å²) in [4.78, 5) is 5.98. The summed E-state index contributed by atoms with van der Waals surface area (Å²) >= 11 is 1.67. The third-order valence-corrected chi connectivity index (χ3v) is 5.04. The minimum Gasteiger partial charge on any atom is -0.361 e. The Hall–Kier alpha value is -1.14. The lowest BCUT2D eigenvalue weighted by molar-refractivity contribution is -0.147. The quantitative estimate of drug-likeness (QED) is 0.836. The van der Waals surface area contributed by atoms with Crippen LogP contribution in [0.4, 0.5) is 13.2 Å². The van der Waals surface area contributed by atoms with E-state index in [0.29, 0.717) is 13.0 Å². The Kier molecular flexibility index (Phi) is 4.41. The Morgan fingerprint density at radius 1 is 1.36 bits per heavy atom. The first-order chi connectivity index (χ1) is 10.5. The van der Waals surface area contributed by atoms with Crippen molar-refractivity contribution >= 4 is 22.7 Å². The number of nitrogens with one attached hydrogen (secondary N) is 1. The monoisotopic (exact) mass is 328 g/mol. The number of fused-ring (bicyclic) bond motifs is 1. The summed E-state index contributed by atoms with van der Waals surface area (Å²) < 4.78 is 38.0. The van der Waals surface area contributed by atoms with Crippen molar-refractivity contribution in [2.24, 2.45) is 0 Å². The maximum absolute atomic E-state index is 12.7. The van der Waals surface area contributed by atoms with Gasteiger partial charge in [-0.05, 0) is 55.8 Å². The van der Waals surface area contributed by atoms with Crippen LogP contribution < -0.4 is 0 Å². The molecule has 0 unspecified atom stereocenters. The van der Waals surface area contributed by atoms with Gasteiger partial charge in [-0.3, -0.25) is 4.90 Å². The highest BCUT2D eigenvalue weighted by molar-refractivity contribution is 7.98. The lowest BCUT2D eigenvalue weighted by Gasteiger charge is -2.25. The minimum atomic E-state index is -4.12. The van der Waals surface area contributed by atoms with Gasteiger partial charge >= 0.3 is 6.18 Å². The molecule has 1 aliphatic heterocycles. The Morgan fingerprint density at radius 2 is 2.18 bits per heavy atom. The first-order valence-electron chi connectivity index (χ1n) is 7.41. The van der Waals surface area contributed by atoms with Gasteiger partial charge in [0.15, 0.2) is 0 Å². The van der Waals surface area contributed by atoms with Crippen LogP contribution in [0.5, 0.6) is 0 Å². The fraction of sp³-hybridized carbons (Fsp3) is 0.500. The van der Waals surface area contributed by atoms with Gasteiger partial charge in [-0.1, -0.05) is 0 Å². The van der Waals surface area contributed by atoms with Crippen molar-refractivity contribution in [3.8, 4) is 0 Å². The van der Waals surface area contributed by atoms with E-state index in [1.807, 2.05) is 18.5 Å². The molecular weight excluding hydrogens is 309 g/mol. The molecule has 0 saturated carbocycles. The highest BCUT2D eigenvalue weighted by Crippen LogP contribution is 2.30. The van der Waals surface area contributed by atoms with Gasteiger partial charge in [-0.25, -0.2) is 0 Å². The molecule has 0 bridgehead atoms. The number of likely N-dealkylation sites (tertiary alicyclic amines) is 1. The molecule has 2 nitrogen and oxygen atoms in total. The second-order valence-corrected chi connectivity index (χ2v) is 6.69. The number of rotatable bonds is 4. The molecule has 1 aromatic carbocycles. The second-order valence-electron chi connectivity index (χ2n) is 5.81. The SMILES string of the molecule is CSc1ccc2[nH]cc(C[C@H]3CCCN3CC(F)(F)F)c2c1. The summed E-state index contributed by atoms with van der Waals surface area (Å²) in [5.41, 5.74) is 2.16. The molecule has 22 heavy (non-hydrogen) atoms. The Bertz CT molecular complexity index is 650. The van der Waals surface area contributed by atoms with E-state index < -0.39 is 12.7 Å². The number of thioether (sulfide) groups is 1. The third kappa shape index (κ3) is 3.43. The number of H-pyrrole nitrogens is 1. The van der Waals surface area contributed by atoms with E-state index in [4.69, 9.17) is 0 Å². The van der Waals surface area contributed by atoms with Crippen molar-refractivity contribution in [2.75, 3.05) is 19.3 Å². The number of aromatic amines is 1. The first-order valence-corrected chi connectivity index (χ1v) is 8.63. The van der Waals surface area contributed by atoms with Crippen molar-refractivity contribution in [1.29, 1.82) is 0 Å². The number of aromatic nitrogens is 1. The molecule has 2 heterocycles. The van der Waals surface area contributed by atoms with Crippen LogP contribution in [-0.2, 0) is 6.42 Å². The zero-order chi connectivity index (χ0) is 15.7. The summed E-state index contributed by atoms with van der Waals surface area (Å²) in [5.74, 6) is 0. The number of benzene rings is 1. The lowest BCUT2D eigenvalue weighted by Crippen LogP contribution is -2.38. The van der Waals surface area contributed by atoms with Crippen LogP contribution in [0, 0.1) is 0 Å². The van der Waals surface area contributed by atoms with Crippen LogP contribution in [-0.4, -0.2) is 41.4 Å². The van der Waals surface area contributed by atoms with Gasteiger partial charge < -0.3 is 4.98 Å². The Morgan fingerprint density at radius 3 is 2.91 bits per heavy atom. The number of hydrogen-bond donors (Lipinski definition) is 1. The van der Waals surface area contributed by atoms with E-state index in [2.05, 4.69) is 17.1 Å². The smallest absolute Gasteiger partial charge is 0.361 e. The molecule has 120 valence electrons. The molecule has 1 fully saturated rings. The predicted molar refractivity (Wildman–Crippen MR) is 84.4 cm³/mol. The Balaban J connectivity index is 1.80. The molecule has 0 radical (unpaired) electrons. The molecular formula is C16H19F3N2S. The number of hydrogen-bond acceptors (Lipinski definition) is 2. The average Bonchev–Trinajstić information content (AvgIpc) is 3.05. The summed E-state index contributed by atoms with van der Waals surface area (Å²) in [6.07, 6.45) is 2.21.